The SMILES string of the molecule is N[C@@H](Cc1ccc(O)c(O)c1)C(=O)O.[PbH2]. The van der Waals surface area contributed by atoms with Crippen LogP contribution < -0.4 is 5.73 Å². The van der Waals surface area contributed by atoms with Gasteiger partial charge in [-0.25, -0.2) is 0 Å². The predicted octanol–water partition coefficient (Wildman–Crippen LogP) is -0.864. The molecule has 0 aliphatic carbocycles. The normalized spacial score (nSPS) is 11.5. The van der Waals surface area contributed by atoms with E-state index in [9.17, 15) is 4.79 Å². The van der Waals surface area contributed by atoms with E-state index in [0.29, 0.717) is 5.56 Å². The van der Waals surface area contributed by atoms with Gasteiger partial charge in [-0.05, 0) is 24.1 Å². The summed E-state index contributed by atoms with van der Waals surface area (Å²) in [5.41, 5.74) is 5.86. The van der Waals surface area contributed by atoms with Gasteiger partial charge in [0.05, 0.1) is 0 Å². The van der Waals surface area contributed by atoms with Gasteiger partial charge in [-0.3, -0.25) is 4.79 Å². The molecule has 82 valence electrons. The van der Waals surface area contributed by atoms with Crippen LogP contribution in [-0.4, -0.2) is 54.6 Å². The molecule has 0 fully saturated rings. The van der Waals surface area contributed by atoms with E-state index in [4.69, 9.17) is 21.1 Å². The number of rotatable bonds is 3. The summed E-state index contributed by atoms with van der Waals surface area (Å²) >= 11 is 0. The molecule has 15 heavy (non-hydrogen) atoms. The maximum absolute atomic E-state index is 10.4. The van der Waals surface area contributed by atoms with Crippen LogP contribution in [0, 0.1) is 0 Å². The first kappa shape index (κ1) is 14.2. The Kier molecular flexibility index (Phi) is 5.58. The number of carbonyl (C=O) groups is 1. The Balaban J connectivity index is 0.00000196. The Hall–Kier alpha value is -0.828. The molecule has 0 saturated heterocycles. The standard InChI is InChI=1S/C9H11NO4.Pb.2H/c10-6(9(13)14)3-5-1-2-7(11)8(12)4-5;;;/h1-2,4,6,11-12H,3,10H2,(H,13,14);;;/t6-;;;/m0.../s1. The van der Waals surface area contributed by atoms with Gasteiger partial charge in [0.2, 0.25) is 0 Å². The molecule has 0 bridgehead atoms. The molecule has 0 amide bonds. The fourth-order valence-electron chi connectivity index (χ4n) is 1.04. The van der Waals surface area contributed by atoms with Gasteiger partial charge in [0, 0.05) is 0 Å². The number of aliphatic carboxylic acids is 1. The summed E-state index contributed by atoms with van der Waals surface area (Å²) in [5.74, 6) is -1.62. The first-order chi connectivity index (χ1) is 6.50. The summed E-state index contributed by atoms with van der Waals surface area (Å²) in [6, 6.07) is 3.09. The van der Waals surface area contributed by atoms with Crippen molar-refractivity contribution in [3.05, 3.63) is 23.8 Å². The molecule has 0 aromatic heterocycles. The number of hydrogen-bond donors (Lipinski definition) is 4. The van der Waals surface area contributed by atoms with Crippen molar-refractivity contribution in [2.45, 2.75) is 12.5 Å². The maximum atomic E-state index is 10.4. The van der Waals surface area contributed by atoms with E-state index in [1.54, 1.807) is 0 Å². The minimum absolute atomic E-state index is 0. The second-order valence-electron chi connectivity index (χ2n) is 2.97. The van der Waals surface area contributed by atoms with Crippen molar-refractivity contribution in [3.8, 4) is 11.5 Å². The third-order valence-corrected chi connectivity index (χ3v) is 1.81. The van der Waals surface area contributed by atoms with E-state index in [0.717, 1.165) is 0 Å². The summed E-state index contributed by atoms with van der Waals surface area (Å²) in [4.78, 5) is 10.4. The van der Waals surface area contributed by atoms with Crippen LogP contribution in [-0.2, 0) is 11.2 Å². The molecule has 6 heteroatoms. The number of nitrogens with two attached hydrogens (primary N) is 1. The van der Waals surface area contributed by atoms with Crippen LogP contribution in [0.1, 0.15) is 5.56 Å². The zero-order valence-corrected chi connectivity index (χ0v) is 13.5. The fraction of sp³-hybridized carbons (Fsp3) is 0.222. The van der Waals surface area contributed by atoms with Crippen LogP contribution in [0.4, 0.5) is 0 Å². The van der Waals surface area contributed by atoms with Gasteiger partial charge in [-0.1, -0.05) is 6.07 Å². The number of benzene rings is 1. The first-order valence-corrected chi connectivity index (χ1v) is 4.00. The quantitative estimate of drug-likeness (QED) is 0.386. The molecule has 1 aromatic rings. The molecule has 1 aromatic carbocycles. The number of carboxylic acid groups (broad SMARTS) is 1. The van der Waals surface area contributed by atoms with Crippen molar-refractivity contribution in [3.63, 3.8) is 0 Å². The second-order valence-corrected chi connectivity index (χ2v) is 2.97. The van der Waals surface area contributed by atoms with E-state index in [1.165, 1.54) is 18.2 Å². The zero-order chi connectivity index (χ0) is 10.7. The van der Waals surface area contributed by atoms with Gasteiger partial charge in [0.1, 0.15) is 6.04 Å². The van der Waals surface area contributed by atoms with Gasteiger partial charge < -0.3 is 21.1 Å². The number of phenols is 2. The fourth-order valence-corrected chi connectivity index (χ4v) is 1.04. The van der Waals surface area contributed by atoms with Gasteiger partial charge in [0.15, 0.2) is 11.5 Å². The third-order valence-electron chi connectivity index (χ3n) is 1.81. The van der Waals surface area contributed by atoms with Gasteiger partial charge in [0.25, 0.3) is 0 Å². The van der Waals surface area contributed by atoms with E-state index >= 15 is 0 Å². The Morgan fingerprint density at radius 2 is 1.93 bits per heavy atom. The van der Waals surface area contributed by atoms with E-state index < -0.39 is 12.0 Å². The Morgan fingerprint density at radius 3 is 2.40 bits per heavy atom. The van der Waals surface area contributed by atoms with Gasteiger partial charge in [-0.2, -0.15) is 0 Å². The Morgan fingerprint density at radius 1 is 1.33 bits per heavy atom. The minimum atomic E-state index is -1.10. The summed E-state index contributed by atoms with van der Waals surface area (Å²) in [6.45, 7) is 0. The molecule has 0 aliphatic rings. The molecule has 0 unspecified atom stereocenters. The van der Waals surface area contributed by atoms with Gasteiger partial charge in [-0.15, -0.1) is 0 Å². The van der Waals surface area contributed by atoms with Gasteiger partial charge >= 0.3 is 33.3 Å². The van der Waals surface area contributed by atoms with Crippen LogP contribution in [0.5, 0.6) is 11.5 Å². The van der Waals surface area contributed by atoms with Crippen LogP contribution in [0.2, 0.25) is 0 Å². The van der Waals surface area contributed by atoms with Crippen molar-refractivity contribution in [2.24, 2.45) is 5.73 Å². The van der Waals surface area contributed by atoms with Crippen molar-refractivity contribution in [1.29, 1.82) is 0 Å². The van der Waals surface area contributed by atoms with Crippen molar-refractivity contribution in [2.75, 3.05) is 0 Å². The average Bonchev–Trinajstić information content (AvgIpc) is 2.11. The molecule has 2 radical (unpaired) electrons. The molecule has 5 N–H and O–H groups in total. The molecule has 5 nitrogen and oxygen atoms in total. The average molecular weight is 406 g/mol. The first-order valence-electron chi connectivity index (χ1n) is 4.00. The molecule has 0 aliphatic heterocycles. The second kappa shape index (κ2) is 5.91. The van der Waals surface area contributed by atoms with E-state index in [1.807, 2.05) is 0 Å². The monoisotopic (exact) mass is 407 g/mol. The molecule has 0 heterocycles. The number of aromatic hydroxyl groups is 2. The summed E-state index contributed by atoms with van der Waals surface area (Å²) in [7, 11) is 0. The zero-order valence-electron chi connectivity index (χ0n) is 8.05. The van der Waals surface area contributed by atoms with Crippen LogP contribution >= 0.6 is 0 Å². The van der Waals surface area contributed by atoms with Crippen molar-refractivity contribution >= 4 is 33.3 Å². The van der Waals surface area contributed by atoms with Crippen LogP contribution in [0.25, 0.3) is 0 Å². The Labute approximate surface area is 107 Å². The number of hydrogen-bond acceptors (Lipinski definition) is 4. The molecule has 0 saturated carbocycles. The molecule has 0 spiro atoms. The predicted molar refractivity (Wildman–Crippen MR) is 57.6 cm³/mol. The molecular formula is C9H13NO4Pb. The summed E-state index contributed by atoms with van der Waals surface area (Å²) in [6.07, 6.45) is 0.114. The Bertz CT molecular complexity index is 356. The topological polar surface area (TPSA) is 104 Å². The van der Waals surface area contributed by atoms with Crippen molar-refractivity contribution in [1.82, 2.24) is 0 Å². The molecule has 1 rings (SSSR count). The third kappa shape index (κ3) is 4.04. The number of carboxylic acids is 1. The van der Waals surface area contributed by atoms with Crippen LogP contribution in [0.15, 0.2) is 18.2 Å². The van der Waals surface area contributed by atoms with Crippen LogP contribution in [0.3, 0.4) is 0 Å². The van der Waals surface area contributed by atoms with Crippen molar-refractivity contribution < 1.29 is 20.1 Å². The molecular weight excluding hydrogens is 393 g/mol. The summed E-state index contributed by atoms with van der Waals surface area (Å²) < 4.78 is 0. The molecule has 1 atom stereocenters. The number of phenolic OH excluding ortho intramolecular Hbond substituents is 2. The van der Waals surface area contributed by atoms with E-state index in [2.05, 4.69) is 0 Å². The van der Waals surface area contributed by atoms with E-state index in [-0.39, 0.29) is 45.2 Å². The summed E-state index contributed by atoms with van der Waals surface area (Å²) in [5, 5.41) is 26.6.